The highest BCUT2D eigenvalue weighted by molar-refractivity contribution is 14.1. The Hall–Kier alpha value is -3.96. The van der Waals surface area contributed by atoms with E-state index in [1.165, 1.54) is 48.7 Å². The summed E-state index contributed by atoms with van der Waals surface area (Å²) in [5, 5.41) is 15.3. The van der Waals surface area contributed by atoms with Crippen molar-refractivity contribution in [2.45, 2.75) is 110 Å². The van der Waals surface area contributed by atoms with E-state index < -0.39 is 70.5 Å². The molecule has 0 saturated heterocycles. The number of hydrogen-bond donors (Lipinski definition) is 6. The summed E-state index contributed by atoms with van der Waals surface area (Å²) in [4.78, 5) is 88.6. The molecule has 1 aromatic rings. The third-order valence-corrected chi connectivity index (χ3v) is 7.38. The zero-order valence-electron chi connectivity index (χ0n) is 29.2. The van der Waals surface area contributed by atoms with Crippen LogP contribution < -0.4 is 31.9 Å². The van der Waals surface area contributed by atoms with Gasteiger partial charge in [-0.15, -0.1) is 0 Å². The molecule has 0 spiro atoms. The first-order valence-corrected chi connectivity index (χ1v) is 16.4. The molecule has 15 nitrogen and oxygen atoms in total. The maximum absolute atomic E-state index is 13.2. The third-order valence-electron chi connectivity index (χ3n) is 6.71. The number of methoxy groups -OCH3 is 1. The van der Waals surface area contributed by atoms with Gasteiger partial charge in [0.05, 0.1) is 7.11 Å². The SMILES string of the molecule is COC(=O)[C@H](CCCNC(=O)c1cccc(I)c1)NC(=O)C(C)(C)NC(=O)[C@H](C)NC(=O)C(C)(C)NC(=O)[C@H](C)NC(=O)OC(C)(C)C. The fourth-order valence-electron chi connectivity index (χ4n) is 3.91. The molecule has 0 aromatic heterocycles. The van der Waals surface area contributed by atoms with Gasteiger partial charge in [0.15, 0.2) is 0 Å². The van der Waals surface area contributed by atoms with Gasteiger partial charge in [0.25, 0.3) is 5.91 Å². The minimum atomic E-state index is -1.52. The van der Waals surface area contributed by atoms with Gasteiger partial charge in [0, 0.05) is 15.7 Å². The summed E-state index contributed by atoms with van der Waals surface area (Å²) < 4.78 is 10.9. The molecule has 0 aliphatic carbocycles. The van der Waals surface area contributed by atoms with E-state index in [0.717, 1.165) is 3.57 Å². The monoisotopic (exact) mass is 788 g/mol. The molecular formula is C32H49IN6O9. The van der Waals surface area contributed by atoms with E-state index in [0.29, 0.717) is 12.0 Å². The van der Waals surface area contributed by atoms with Gasteiger partial charge < -0.3 is 41.4 Å². The number of nitrogens with one attached hydrogen (secondary N) is 6. The van der Waals surface area contributed by atoms with E-state index in [1.54, 1.807) is 39.0 Å². The second-order valence-corrected chi connectivity index (χ2v) is 14.5. The Bertz CT molecular complexity index is 1360. The van der Waals surface area contributed by atoms with Crippen molar-refractivity contribution in [1.82, 2.24) is 31.9 Å². The Morgan fingerprint density at radius 2 is 1.31 bits per heavy atom. The van der Waals surface area contributed by atoms with Crippen molar-refractivity contribution < 1.29 is 43.0 Å². The molecule has 16 heteroatoms. The second-order valence-electron chi connectivity index (χ2n) is 13.2. The highest BCUT2D eigenvalue weighted by atomic mass is 127. The first-order chi connectivity index (χ1) is 22.0. The zero-order valence-corrected chi connectivity index (χ0v) is 31.4. The maximum Gasteiger partial charge on any atom is 0.408 e. The Labute approximate surface area is 295 Å². The lowest BCUT2D eigenvalue weighted by molar-refractivity contribution is -0.146. The molecule has 0 heterocycles. The lowest BCUT2D eigenvalue weighted by Gasteiger charge is -2.31. The predicted octanol–water partition coefficient (Wildman–Crippen LogP) is 1.67. The maximum atomic E-state index is 13.2. The van der Waals surface area contributed by atoms with Gasteiger partial charge >= 0.3 is 12.1 Å². The van der Waals surface area contributed by atoms with Gasteiger partial charge in [0.2, 0.25) is 23.6 Å². The number of esters is 1. The number of hydrogen-bond acceptors (Lipinski definition) is 9. The van der Waals surface area contributed by atoms with Crippen LogP contribution in [0.5, 0.6) is 0 Å². The molecule has 3 atom stereocenters. The fraction of sp³-hybridized carbons (Fsp3) is 0.594. The minimum Gasteiger partial charge on any atom is -0.467 e. The Morgan fingerprint density at radius 1 is 0.792 bits per heavy atom. The van der Waals surface area contributed by atoms with Gasteiger partial charge in [-0.2, -0.15) is 0 Å². The van der Waals surface area contributed by atoms with Crippen LogP contribution >= 0.6 is 22.6 Å². The van der Waals surface area contributed by atoms with E-state index in [2.05, 4.69) is 54.5 Å². The number of carbonyl (C=O) groups is 7. The third kappa shape index (κ3) is 14.4. The lowest BCUT2D eigenvalue weighted by Crippen LogP contribution is -2.63. The molecule has 1 aromatic carbocycles. The number of halogens is 1. The second kappa shape index (κ2) is 18.0. The number of benzene rings is 1. The number of rotatable bonds is 15. The van der Waals surface area contributed by atoms with Crippen molar-refractivity contribution in [3.8, 4) is 0 Å². The topological polar surface area (TPSA) is 210 Å². The average molecular weight is 789 g/mol. The van der Waals surface area contributed by atoms with Crippen molar-refractivity contribution in [1.29, 1.82) is 0 Å². The highest BCUT2D eigenvalue weighted by Gasteiger charge is 2.37. The summed E-state index contributed by atoms with van der Waals surface area (Å²) in [6.07, 6.45) is -0.313. The molecule has 0 unspecified atom stereocenters. The summed E-state index contributed by atoms with van der Waals surface area (Å²) in [6.45, 7) is 13.8. The van der Waals surface area contributed by atoms with Crippen molar-refractivity contribution >= 4 is 64.2 Å². The lowest BCUT2D eigenvalue weighted by atomic mass is 10.0. The van der Waals surface area contributed by atoms with Crippen LogP contribution in [0.15, 0.2) is 24.3 Å². The molecular weight excluding hydrogens is 739 g/mol. The normalized spacial score (nSPS) is 13.5. The van der Waals surface area contributed by atoms with Gasteiger partial charge in [-0.25, -0.2) is 9.59 Å². The van der Waals surface area contributed by atoms with Crippen LogP contribution in [0.4, 0.5) is 4.79 Å². The summed E-state index contributed by atoms with van der Waals surface area (Å²) in [5.41, 5.74) is -3.28. The van der Waals surface area contributed by atoms with Gasteiger partial charge in [-0.3, -0.25) is 24.0 Å². The van der Waals surface area contributed by atoms with E-state index in [-0.39, 0.29) is 18.9 Å². The Kier molecular flexibility index (Phi) is 15.8. The standard InChI is InChI=1S/C32H49IN6O9/c1-18(35-27(44)31(6,7)39-24(41)19(2)36-29(46)48-30(3,4)5)23(40)38-32(8,9)28(45)37-22(26(43)47-10)15-12-16-34-25(42)20-13-11-14-21(33)17-20/h11,13-14,17-19,22H,12,15-16H2,1-10H3,(H,34,42)(H,35,44)(H,36,46)(H,37,45)(H,38,40)(H,39,41)/t18-,19-,22-/m0/s1. The van der Waals surface area contributed by atoms with Crippen LogP contribution in [0.3, 0.4) is 0 Å². The number of carbonyl (C=O) groups excluding carboxylic acids is 7. The van der Waals surface area contributed by atoms with E-state index in [1.807, 2.05) is 6.07 Å². The van der Waals surface area contributed by atoms with E-state index in [4.69, 9.17) is 9.47 Å². The molecule has 6 amide bonds. The Morgan fingerprint density at radius 3 is 1.81 bits per heavy atom. The van der Waals surface area contributed by atoms with Crippen LogP contribution in [0.2, 0.25) is 0 Å². The molecule has 0 fully saturated rings. The molecule has 0 saturated carbocycles. The van der Waals surface area contributed by atoms with Crippen molar-refractivity contribution in [3.05, 3.63) is 33.4 Å². The summed E-state index contributed by atoms with van der Waals surface area (Å²) in [5.74, 6) is -3.73. The summed E-state index contributed by atoms with van der Waals surface area (Å²) in [6, 6.07) is 3.84. The molecule has 0 radical (unpaired) electrons. The molecule has 1 rings (SSSR count). The van der Waals surface area contributed by atoms with Crippen LogP contribution in [-0.4, -0.2) is 90.1 Å². The fourth-order valence-corrected chi connectivity index (χ4v) is 4.45. The van der Waals surface area contributed by atoms with Crippen LogP contribution in [0.25, 0.3) is 0 Å². The number of ether oxygens (including phenoxy) is 2. The summed E-state index contributed by atoms with van der Waals surface area (Å²) >= 11 is 2.11. The molecule has 48 heavy (non-hydrogen) atoms. The van der Waals surface area contributed by atoms with Crippen LogP contribution in [0.1, 0.15) is 85.5 Å². The largest absolute Gasteiger partial charge is 0.467 e. The van der Waals surface area contributed by atoms with Crippen molar-refractivity contribution in [3.63, 3.8) is 0 Å². The zero-order chi connectivity index (χ0) is 37.0. The van der Waals surface area contributed by atoms with Gasteiger partial charge in [-0.05, 0) is 116 Å². The van der Waals surface area contributed by atoms with Crippen LogP contribution in [0, 0.1) is 3.57 Å². The van der Waals surface area contributed by atoms with Gasteiger partial charge in [0.1, 0.15) is 34.8 Å². The Balaban J connectivity index is 2.71. The predicted molar refractivity (Wildman–Crippen MR) is 186 cm³/mol. The molecule has 268 valence electrons. The number of amides is 6. The molecule has 6 N–H and O–H groups in total. The van der Waals surface area contributed by atoms with Crippen LogP contribution in [-0.2, 0) is 33.4 Å². The smallest absolute Gasteiger partial charge is 0.408 e. The highest BCUT2D eigenvalue weighted by Crippen LogP contribution is 2.11. The molecule has 0 bridgehead atoms. The van der Waals surface area contributed by atoms with Gasteiger partial charge in [-0.1, -0.05) is 6.07 Å². The summed E-state index contributed by atoms with van der Waals surface area (Å²) in [7, 11) is 1.18. The first-order valence-electron chi connectivity index (χ1n) is 15.4. The first kappa shape index (κ1) is 42.1. The molecule has 0 aliphatic heterocycles. The molecule has 0 aliphatic rings. The van der Waals surface area contributed by atoms with Crippen molar-refractivity contribution in [2.24, 2.45) is 0 Å². The number of alkyl carbamates (subject to hydrolysis) is 1. The minimum absolute atomic E-state index is 0.147. The average Bonchev–Trinajstić information content (AvgIpc) is 2.96. The van der Waals surface area contributed by atoms with E-state index >= 15 is 0 Å². The van der Waals surface area contributed by atoms with E-state index in [9.17, 15) is 33.6 Å². The van der Waals surface area contributed by atoms with Crippen molar-refractivity contribution in [2.75, 3.05) is 13.7 Å². The quantitative estimate of drug-likeness (QED) is 0.0867.